The third-order valence-corrected chi connectivity index (χ3v) is 1.56. The van der Waals surface area contributed by atoms with E-state index in [1.807, 2.05) is 6.92 Å². The molecule has 1 rings (SSSR count). The molecule has 0 aliphatic rings. The van der Waals surface area contributed by atoms with E-state index in [2.05, 4.69) is 11.6 Å². The van der Waals surface area contributed by atoms with Crippen LogP contribution in [0.15, 0.2) is 30.9 Å². The van der Waals surface area contributed by atoms with Crippen molar-refractivity contribution in [3.8, 4) is 0 Å². The predicted molar refractivity (Wildman–Crippen MR) is 50.5 cm³/mol. The second-order valence-corrected chi connectivity index (χ2v) is 3.07. The van der Waals surface area contributed by atoms with Crippen LogP contribution in [0.5, 0.6) is 0 Å². The van der Waals surface area contributed by atoms with Gasteiger partial charge < -0.3 is 4.90 Å². The maximum Gasteiger partial charge on any atom is 0.329 e. The number of likely N-dealkylation sites (N-methyl/N-ethyl adjacent to an activating group) is 1. The highest BCUT2D eigenvalue weighted by Gasteiger charge is 2.09. The monoisotopic (exact) mass is 179 g/mol. The first-order valence-corrected chi connectivity index (χ1v) is 3.99. The van der Waals surface area contributed by atoms with E-state index in [-0.39, 0.29) is 6.03 Å². The Bertz CT molecular complexity index is 303. The molecule has 0 radical (unpaired) electrons. The normalized spacial score (nSPS) is 9.69. The van der Waals surface area contributed by atoms with E-state index in [4.69, 9.17) is 0 Å². The average Bonchev–Trinajstić information content (AvgIpc) is 2.53. The van der Waals surface area contributed by atoms with Crippen LogP contribution in [-0.2, 0) is 0 Å². The second-order valence-electron chi connectivity index (χ2n) is 3.07. The molecule has 0 atom stereocenters. The largest absolute Gasteiger partial charge is 0.329 e. The average molecular weight is 179 g/mol. The van der Waals surface area contributed by atoms with Gasteiger partial charge in [-0.1, -0.05) is 12.2 Å². The lowest BCUT2D eigenvalue weighted by atomic mass is 10.3. The fourth-order valence-electron chi connectivity index (χ4n) is 1.04. The van der Waals surface area contributed by atoms with Crippen LogP contribution in [0.2, 0.25) is 0 Å². The number of nitrogens with zero attached hydrogens (tertiary/aromatic N) is 3. The highest BCUT2D eigenvalue weighted by molar-refractivity contribution is 5.76. The minimum absolute atomic E-state index is 0.0968. The summed E-state index contributed by atoms with van der Waals surface area (Å²) in [4.78, 5) is 16.9. The molecule has 1 amide bonds. The molecule has 1 heterocycles. The number of imidazole rings is 1. The minimum atomic E-state index is -0.0968. The first-order chi connectivity index (χ1) is 6.11. The van der Waals surface area contributed by atoms with E-state index in [0.29, 0.717) is 6.54 Å². The SMILES string of the molecule is C=C(C)CN(C)C(=O)n1ccnc1. The van der Waals surface area contributed by atoms with Crippen molar-refractivity contribution < 1.29 is 4.79 Å². The molecule has 0 spiro atoms. The standard InChI is InChI=1S/C9H13N3O/c1-8(2)6-11(3)9(13)12-5-4-10-7-12/h4-5,7H,1,6H2,2-3H3. The van der Waals surface area contributed by atoms with E-state index >= 15 is 0 Å². The molecule has 0 saturated carbocycles. The number of carbonyl (C=O) groups excluding carboxylic acids is 1. The van der Waals surface area contributed by atoms with Gasteiger partial charge >= 0.3 is 6.03 Å². The topological polar surface area (TPSA) is 38.1 Å². The molecule has 0 fully saturated rings. The van der Waals surface area contributed by atoms with Crippen LogP contribution < -0.4 is 0 Å². The number of aromatic nitrogens is 2. The molecule has 0 bridgehead atoms. The van der Waals surface area contributed by atoms with Crippen LogP contribution in [-0.4, -0.2) is 34.1 Å². The van der Waals surface area contributed by atoms with Gasteiger partial charge in [-0.15, -0.1) is 0 Å². The summed E-state index contributed by atoms with van der Waals surface area (Å²) in [6.07, 6.45) is 4.68. The molecule has 0 aromatic carbocycles. The molecule has 0 saturated heterocycles. The van der Waals surface area contributed by atoms with Gasteiger partial charge in [0.2, 0.25) is 0 Å². The van der Waals surface area contributed by atoms with E-state index in [9.17, 15) is 4.79 Å². The lowest BCUT2D eigenvalue weighted by Gasteiger charge is -2.16. The summed E-state index contributed by atoms with van der Waals surface area (Å²) in [6, 6.07) is -0.0968. The Kier molecular flexibility index (Phi) is 2.84. The van der Waals surface area contributed by atoms with Crippen LogP contribution in [0.1, 0.15) is 6.92 Å². The Morgan fingerprint density at radius 3 is 2.85 bits per heavy atom. The zero-order chi connectivity index (χ0) is 9.84. The van der Waals surface area contributed by atoms with Gasteiger partial charge in [0.1, 0.15) is 6.33 Å². The van der Waals surface area contributed by atoms with Gasteiger partial charge in [0.25, 0.3) is 0 Å². The molecule has 4 nitrogen and oxygen atoms in total. The molecule has 0 aliphatic carbocycles. The minimum Gasteiger partial charge on any atom is -0.323 e. The lowest BCUT2D eigenvalue weighted by molar-refractivity contribution is 0.214. The number of hydrogen-bond acceptors (Lipinski definition) is 2. The summed E-state index contributed by atoms with van der Waals surface area (Å²) >= 11 is 0. The maximum absolute atomic E-state index is 11.5. The van der Waals surface area contributed by atoms with Crippen molar-refractivity contribution in [3.05, 3.63) is 30.9 Å². The quantitative estimate of drug-likeness (QED) is 0.643. The van der Waals surface area contributed by atoms with Crippen molar-refractivity contribution >= 4 is 6.03 Å². The van der Waals surface area contributed by atoms with Gasteiger partial charge in [0.15, 0.2) is 0 Å². The number of amides is 1. The van der Waals surface area contributed by atoms with Crippen molar-refractivity contribution in [2.75, 3.05) is 13.6 Å². The van der Waals surface area contributed by atoms with Crippen molar-refractivity contribution in [2.24, 2.45) is 0 Å². The van der Waals surface area contributed by atoms with Crippen molar-refractivity contribution in [1.29, 1.82) is 0 Å². The summed E-state index contributed by atoms with van der Waals surface area (Å²) in [5.41, 5.74) is 0.955. The molecular formula is C9H13N3O. The van der Waals surface area contributed by atoms with E-state index in [1.54, 1.807) is 24.3 Å². The molecule has 70 valence electrons. The van der Waals surface area contributed by atoms with Crippen molar-refractivity contribution in [2.45, 2.75) is 6.92 Å². The fourth-order valence-corrected chi connectivity index (χ4v) is 1.04. The second kappa shape index (κ2) is 3.89. The summed E-state index contributed by atoms with van der Waals surface area (Å²) in [7, 11) is 1.73. The molecule has 0 N–H and O–H groups in total. The van der Waals surface area contributed by atoms with Gasteiger partial charge in [0.05, 0.1) is 0 Å². The molecule has 0 aliphatic heterocycles. The van der Waals surface area contributed by atoms with Crippen LogP contribution in [0.3, 0.4) is 0 Å². The lowest BCUT2D eigenvalue weighted by Crippen LogP contribution is -2.31. The van der Waals surface area contributed by atoms with Gasteiger partial charge in [-0.3, -0.25) is 4.57 Å². The number of hydrogen-bond donors (Lipinski definition) is 0. The highest BCUT2D eigenvalue weighted by atomic mass is 16.2. The van der Waals surface area contributed by atoms with Crippen molar-refractivity contribution in [3.63, 3.8) is 0 Å². The van der Waals surface area contributed by atoms with Gasteiger partial charge in [-0.25, -0.2) is 9.78 Å². The predicted octanol–water partition coefficient (Wildman–Crippen LogP) is 1.36. The third-order valence-electron chi connectivity index (χ3n) is 1.56. The summed E-state index contributed by atoms with van der Waals surface area (Å²) in [5, 5.41) is 0. The third kappa shape index (κ3) is 2.43. The van der Waals surface area contributed by atoms with E-state index in [1.165, 1.54) is 10.9 Å². The Hall–Kier alpha value is -1.58. The summed E-state index contributed by atoms with van der Waals surface area (Å²) in [5.74, 6) is 0. The first-order valence-electron chi connectivity index (χ1n) is 3.99. The van der Waals surface area contributed by atoms with Crippen LogP contribution in [0.4, 0.5) is 4.79 Å². The van der Waals surface area contributed by atoms with Crippen LogP contribution in [0, 0.1) is 0 Å². The number of carbonyl (C=O) groups is 1. The Labute approximate surface area is 77.5 Å². The molecule has 0 unspecified atom stereocenters. The Balaban J connectivity index is 2.63. The van der Waals surface area contributed by atoms with Crippen LogP contribution in [0.25, 0.3) is 0 Å². The molecule has 1 aromatic rings. The van der Waals surface area contributed by atoms with Gasteiger partial charge in [-0.05, 0) is 6.92 Å². The van der Waals surface area contributed by atoms with Crippen molar-refractivity contribution in [1.82, 2.24) is 14.5 Å². The first kappa shape index (κ1) is 9.51. The zero-order valence-electron chi connectivity index (χ0n) is 7.90. The van der Waals surface area contributed by atoms with Gasteiger partial charge in [-0.2, -0.15) is 0 Å². The molecule has 13 heavy (non-hydrogen) atoms. The fraction of sp³-hybridized carbons (Fsp3) is 0.333. The maximum atomic E-state index is 11.5. The van der Waals surface area contributed by atoms with Gasteiger partial charge in [0, 0.05) is 26.0 Å². The Morgan fingerprint density at radius 2 is 2.38 bits per heavy atom. The van der Waals surface area contributed by atoms with E-state index in [0.717, 1.165) is 5.57 Å². The van der Waals surface area contributed by atoms with Crippen LogP contribution >= 0.6 is 0 Å². The molecule has 4 heteroatoms. The molecule has 1 aromatic heterocycles. The Morgan fingerprint density at radius 1 is 1.69 bits per heavy atom. The zero-order valence-corrected chi connectivity index (χ0v) is 7.90. The summed E-state index contributed by atoms with van der Waals surface area (Å²) < 4.78 is 1.43. The molecular weight excluding hydrogens is 166 g/mol. The highest BCUT2D eigenvalue weighted by Crippen LogP contribution is 1.97. The smallest absolute Gasteiger partial charge is 0.323 e. The van der Waals surface area contributed by atoms with E-state index < -0.39 is 0 Å². The summed E-state index contributed by atoms with van der Waals surface area (Å²) in [6.45, 7) is 6.19. The number of rotatable bonds is 2.